The fourth-order valence-electron chi connectivity index (χ4n) is 1.95. The Bertz CT molecular complexity index is 523. The Kier molecular flexibility index (Phi) is 5.35. The van der Waals surface area contributed by atoms with Gasteiger partial charge in [0.15, 0.2) is 0 Å². The first-order valence-electron chi connectivity index (χ1n) is 5.57. The molecule has 2 rings (SSSR count). The SMILES string of the molecule is C#CCNC1CCc2ccccc21.CS(=O)(=O)[O-]. The zero-order valence-electron chi connectivity index (χ0n) is 10.2. The van der Waals surface area contributed by atoms with E-state index in [1.807, 2.05) is 0 Å². The molecule has 0 aromatic heterocycles. The van der Waals surface area contributed by atoms with Crippen LogP contribution in [0.25, 0.3) is 0 Å². The van der Waals surface area contributed by atoms with Gasteiger partial charge in [-0.05, 0) is 24.0 Å². The van der Waals surface area contributed by atoms with Crippen molar-refractivity contribution in [3.63, 3.8) is 0 Å². The maximum Gasteiger partial charge on any atom is 0.0916 e. The van der Waals surface area contributed by atoms with Gasteiger partial charge in [0, 0.05) is 12.3 Å². The molecule has 0 saturated carbocycles. The first kappa shape index (κ1) is 14.7. The number of nitrogens with one attached hydrogen (secondary N) is 1. The lowest BCUT2D eigenvalue weighted by molar-refractivity contribution is 0.470. The van der Waals surface area contributed by atoms with Gasteiger partial charge >= 0.3 is 0 Å². The highest BCUT2D eigenvalue weighted by molar-refractivity contribution is 7.84. The molecule has 1 atom stereocenters. The van der Waals surface area contributed by atoms with Gasteiger partial charge < -0.3 is 4.55 Å². The molecule has 0 spiro atoms. The summed E-state index contributed by atoms with van der Waals surface area (Å²) < 4.78 is 27.2. The molecule has 0 saturated heterocycles. The van der Waals surface area contributed by atoms with E-state index >= 15 is 0 Å². The Hall–Kier alpha value is -1.35. The Morgan fingerprint density at radius 3 is 2.72 bits per heavy atom. The van der Waals surface area contributed by atoms with Crippen molar-refractivity contribution < 1.29 is 13.0 Å². The molecule has 0 amide bonds. The van der Waals surface area contributed by atoms with Crippen molar-refractivity contribution in [2.24, 2.45) is 0 Å². The molecule has 1 aliphatic rings. The summed E-state index contributed by atoms with van der Waals surface area (Å²) in [5.74, 6) is 2.61. The Morgan fingerprint density at radius 2 is 2.11 bits per heavy atom. The summed E-state index contributed by atoms with van der Waals surface area (Å²) in [7, 11) is -3.92. The molecule has 4 nitrogen and oxygen atoms in total. The Morgan fingerprint density at radius 1 is 1.50 bits per heavy atom. The largest absolute Gasteiger partial charge is 0.748 e. The highest BCUT2D eigenvalue weighted by Gasteiger charge is 2.20. The Balaban J connectivity index is 0.000000280. The lowest BCUT2D eigenvalue weighted by Crippen LogP contribution is -2.19. The molecular formula is C13H16NO3S-. The molecule has 0 heterocycles. The second-order valence-corrected chi connectivity index (χ2v) is 5.49. The van der Waals surface area contributed by atoms with Crippen molar-refractivity contribution in [1.29, 1.82) is 0 Å². The second kappa shape index (κ2) is 6.55. The van der Waals surface area contributed by atoms with Crippen molar-refractivity contribution in [2.45, 2.75) is 18.9 Å². The molecule has 18 heavy (non-hydrogen) atoms. The van der Waals surface area contributed by atoms with E-state index in [0.717, 1.165) is 0 Å². The maximum atomic E-state index is 9.08. The van der Waals surface area contributed by atoms with Crippen molar-refractivity contribution in [3.8, 4) is 12.3 Å². The third-order valence-corrected chi connectivity index (χ3v) is 2.58. The summed E-state index contributed by atoms with van der Waals surface area (Å²) in [5, 5.41) is 3.35. The van der Waals surface area contributed by atoms with Crippen LogP contribution in [0.4, 0.5) is 0 Å². The van der Waals surface area contributed by atoms with Gasteiger partial charge in [-0.25, -0.2) is 8.42 Å². The van der Waals surface area contributed by atoms with Crippen LogP contribution >= 0.6 is 0 Å². The van der Waals surface area contributed by atoms with E-state index < -0.39 is 10.1 Å². The summed E-state index contributed by atoms with van der Waals surface area (Å²) in [6.07, 6.45) is 8.18. The van der Waals surface area contributed by atoms with Gasteiger partial charge in [0.2, 0.25) is 0 Å². The van der Waals surface area contributed by atoms with Gasteiger partial charge in [0.25, 0.3) is 0 Å². The molecule has 1 aromatic rings. The number of benzene rings is 1. The van der Waals surface area contributed by atoms with Crippen LogP contribution in [-0.4, -0.2) is 25.8 Å². The number of hydrogen-bond acceptors (Lipinski definition) is 4. The molecule has 1 unspecified atom stereocenters. The number of rotatable bonds is 2. The second-order valence-electron chi connectivity index (χ2n) is 4.08. The average Bonchev–Trinajstić information content (AvgIpc) is 2.67. The molecular weight excluding hydrogens is 250 g/mol. The van der Waals surface area contributed by atoms with Crippen molar-refractivity contribution in [1.82, 2.24) is 5.32 Å². The predicted octanol–water partition coefficient (Wildman–Crippen LogP) is 1.06. The number of terminal acetylenes is 1. The van der Waals surface area contributed by atoms with Crippen molar-refractivity contribution in [2.75, 3.05) is 12.8 Å². The normalized spacial score (nSPS) is 17.3. The smallest absolute Gasteiger partial charge is 0.0916 e. The number of aryl methyl sites for hydroxylation is 1. The minimum Gasteiger partial charge on any atom is -0.748 e. The van der Waals surface area contributed by atoms with Gasteiger partial charge in [-0.15, -0.1) is 6.42 Å². The molecule has 5 heteroatoms. The molecule has 1 aliphatic carbocycles. The lowest BCUT2D eigenvalue weighted by Gasteiger charge is -2.10. The maximum absolute atomic E-state index is 9.08. The third-order valence-electron chi connectivity index (χ3n) is 2.58. The standard InChI is InChI=1S/C12H13N.CH4O3S/c1-2-9-13-12-8-7-10-5-3-4-6-11(10)12;1-5(2,3)4/h1,3-6,12-13H,7-9H2;1H3,(H,2,3,4)/p-1. The van der Waals surface area contributed by atoms with E-state index in [-0.39, 0.29) is 0 Å². The molecule has 98 valence electrons. The summed E-state index contributed by atoms with van der Waals surface area (Å²) in [5.41, 5.74) is 2.90. The quantitative estimate of drug-likeness (QED) is 0.642. The van der Waals surface area contributed by atoms with Crippen LogP contribution in [0.1, 0.15) is 23.6 Å². The fourth-order valence-corrected chi connectivity index (χ4v) is 1.95. The van der Waals surface area contributed by atoms with Gasteiger partial charge in [-0.1, -0.05) is 30.2 Å². The van der Waals surface area contributed by atoms with Gasteiger partial charge in [-0.2, -0.15) is 0 Å². The average molecular weight is 266 g/mol. The summed E-state index contributed by atoms with van der Waals surface area (Å²) in [6, 6.07) is 9.06. The fraction of sp³-hybridized carbons (Fsp3) is 0.385. The lowest BCUT2D eigenvalue weighted by atomic mass is 10.1. The topological polar surface area (TPSA) is 69.2 Å². The number of hydrogen-bond donors (Lipinski definition) is 1. The van der Waals surface area contributed by atoms with Gasteiger partial charge in [0.1, 0.15) is 0 Å². The highest BCUT2D eigenvalue weighted by Crippen LogP contribution is 2.30. The van der Waals surface area contributed by atoms with Gasteiger partial charge in [0.05, 0.1) is 16.7 Å². The highest BCUT2D eigenvalue weighted by atomic mass is 32.2. The van der Waals surface area contributed by atoms with E-state index in [0.29, 0.717) is 18.8 Å². The van der Waals surface area contributed by atoms with Crippen molar-refractivity contribution in [3.05, 3.63) is 35.4 Å². The first-order valence-corrected chi connectivity index (χ1v) is 7.39. The van der Waals surface area contributed by atoms with Crippen LogP contribution in [0.15, 0.2) is 24.3 Å². The molecule has 1 aromatic carbocycles. The minimum atomic E-state index is -3.92. The number of fused-ring (bicyclic) bond motifs is 1. The van der Waals surface area contributed by atoms with E-state index in [9.17, 15) is 0 Å². The van der Waals surface area contributed by atoms with Crippen LogP contribution in [0.3, 0.4) is 0 Å². The van der Waals surface area contributed by atoms with E-state index in [2.05, 4.69) is 35.5 Å². The third kappa shape index (κ3) is 5.32. The van der Waals surface area contributed by atoms with Crippen LogP contribution < -0.4 is 5.32 Å². The zero-order chi connectivity index (χ0) is 13.6. The Labute approximate surface area is 108 Å². The van der Waals surface area contributed by atoms with Crippen LogP contribution in [-0.2, 0) is 16.5 Å². The molecule has 1 N–H and O–H groups in total. The molecule has 0 fully saturated rings. The predicted molar refractivity (Wildman–Crippen MR) is 70.0 cm³/mol. The van der Waals surface area contributed by atoms with Gasteiger partial charge in [-0.3, -0.25) is 5.32 Å². The van der Waals surface area contributed by atoms with Crippen molar-refractivity contribution >= 4 is 10.1 Å². The van der Waals surface area contributed by atoms with E-state index in [1.54, 1.807) is 0 Å². The van der Waals surface area contributed by atoms with Crippen LogP contribution in [0.5, 0.6) is 0 Å². The zero-order valence-corrected chi connectivity index (χ0v) is 11.0. The molecule has 0 radical (unpaired) electrons. The summed E-state index contributed by atoms with van der Waals surface area (Å²) in [6.45, 7) is 0.666. The first-order chi connectivity index (χ1) is 8.42. The summed E-state index contributed by atoms with van der Waals surface area (Å²) in [4.78, 5) is 0. The van der Waals surface area contributed by atoms with E-state index in [1.165, 1.54) is 24.0 Å². The monoisotopic (exact) mass is 266 g/mol. The van der Waals surface area contributed by atoms with Crippen LogP contribution in [0, 0.1) is 12.3 Å². The summed E-state index contributed by atoms with van der Waals surface area (Å²) >= 11 is 0. The molecule has 0 aliphatic heterocycles. The van der Waals surface area contributed by atoms with Crippen LogP contribution in [0.2, 0.25) is 0 Å². The molecule has 0 bridgehead atoms. The minimum absolute atomic E-state index is 0.479. The van der Waals surface area contributed by atoms with E-state index in [4.69, 9.17) is 19.4 Å².